The molecule has 1 spiro atoms. The van der Waals surface area contributed by atoms with Gasteiger partial charge in [0.15, 0.2) is 5.82 Å². The molecule has 5 aliphatic rings. The third kappa shape index (κ3) is 10.8. The van der Waals surface area contributed by atoms with Gasteiger partial charge in [-0.15, -0.1) is 26.6 Å². The van der Waals surface area contributed by atoms with E-state index < -0.39 is 23.4 Å². The fourth-order valence-electron chi connectivity index (χ4n) is 11.6. The van der Waals surface area contributed by atoms with Crippen LogP contribution in [-0.2, 0) is 48.7 Å². The number of aromatic nitrogens is 6. The minimum atomic E-state index is -0.962. The summed E-state index contributed by atoms with van der Waals surface area (Å²) in [5.41, 5.74) is 6.18. The van der Waals surface area contributed by atoms with Gasteiger partial charge in [0.1, 0.15) is 34.9 Å². The Morgan fingerprint density at radius 3 is 2.37 bits per heavy atom. The number of rotatable bonds is 19. The van der Waals surface area contributed by atoms with Crippen molar-refractivity contribution in [1.29, 1.82) is 0 Å². The normalized spacial score (nSPS) is 21.4. The number of carbonyl (C=O) groups excluding carboxylic acids is 4. The number of aryl methyl sites for hydroxylation is 3. The van der Waals surface area contributed by atoms with Crippen LogP contribution in [0.1, 0.15) is 126 Å². The maximum absolute atomic E-state index is 15.2. The third-order valence-corrected chi connectivity index (χ3v) is 18.2. The number of aliphatic imine (C=N–C) groups is 1. The molecule has 404 valence electrons. The molecule has 2 N–H and O–H groups in total. The highest BCUT2D eigenvalue weighted by molar-refractivity contribution is 7.15. The first-order valence-electron chi connectivity index (χ1n) is 26.5. The van der Waals surface area contributed by atoms with Crippen LogP contribution in [0, 0.1) is 44.4 Å². The molecule has 6 heterocycles. The quantitative estimate of drug-likeness (QED) is 0.0778. The molecule has 21 heteroatoms. The van der Waals surface area contributed by atoms with Crippen LogP contribution in [0.4, 0.5) is 0 Å². The molecule has 0 bridgehead atoms. The average Bonchev–Trinajstić information content (AvgIpc) is 3.63. The van der Waals surface area contributed by atoms with Crippen molar-refractivity contribution in [2.45, 2.75) is 111 Å². The summed E-state index contributed by atoms with van der Waals surface area (Å²) in [6.07, 6.45) is 5.95. The van der Waals surface area contributed by atoms with Crippen molar-refractivity contribution in [3.05, 3.63) is 102 Å². The predicted octanol–water partition coefficient (Wildman–Crippen LogP) is 7.46. The molecule has 4 amide bonds. The number of nitrogens with one attached hydrogen (secondary N) is 2. The van der Waals surface area contributed by atoms with E-state index >= 15 is 4.79 Å². The van der Waals surface area contributed by atoms with Gasteiger partial charge in [0.25, 0.3) is 0 Å². The highest BCUT2D eigenvalue weighted by Crippen LogP contribution is 2.54. The maximum Gasteiger partial charge on any atom is 0.227 e. The lowest BCUT2D eigenvalue weighted by molar-refractivity contribution is -0.153. The van der Waals surface area contributed by atoms with Crippen molar-refractivity contribution >= 4 is 63.9 Å². The number of thiophene rings is 1. The van der Waals surface area contributed by atoms with Crippen LogP contribution in [0.15, 0.2) is 41.4 Å². The number of hydrogen-bond donors (Lipinski definition) is 2. The van der Waals surface area contributed by atoms with Crippen molar-refractivity contribution in [3.63, 3.8) is 0 Å². The molecule has 4 atom stereocenters. The molecule has 76 heavy (non-hydrogen) atoms. The van der Waals surface area contributed by atoms with Crippen LogP contribution >= 0.6 is 34.5 Å². The molecule has 5 aromatic rings. The number of carbonyl (C=O) groups is 4. The van der Waals surface area contributed by atoms with Crippen molar-refractivity contribution in [1.82, 2.24) is 50.2 Å². The maximum atomic E-state index is 15.2. The Kier molecular flexibility index (Phi) is 15.8. The smallest absolute Gasteiger partial charge is 0.227 e. The summed E-state index contributed by atoms with van der Waals surface area (Å²) in [5.74, 6) is 0.981. The van der Waals surface area contributed by atoms with Gasteiger partial charge in [-0.2, -0.15) is 0 Å². The van der Waals surface area contributed by atoms with Gasteiger partial charge in [-0.3, -0.25) is 33.4 Å². The molecule has 2 aromatic carbocycles. The van der Waals surface area contributed by atoms with Gasteiger partial charge in [-0.25, -0.2) is 0 Å². The summed E-state index contributed by atoms with van der Waals surface area (Å²) in [7, 11) is 1.83. The second kappa shape index (κ2) is 22.3. The molecule has 3 aromatic heterocycles. The van der Waals surface area contributed by atoms with Crippen molar-refractivity contribution < 1.29 is 33.4 Å². The Bertz CT molecular complexity index is 3060. The van der Waals surface area contributed by atoms with Gasteiger partial charge in [0, 0.05) is 77.8 Å². The lowest BCUT2D eigenvalue weighted by Crippen LogP contribution is -2.55. The monoisotopic (exact) mass is 1100 g/mol. The van der Waals surface area contributed by atoms with E-state index in [1.165, 1.54) is 4.88 Å². The summed E-state index contributed by atoms with van der Waals surface area (Å²) in [6.45, 7) is 13.2. The number of hydrogen-bond acceptors (Lipinski definition) is 13. The Labute approximate surface area is 457 Å². The number of nitrogens with zero attached hydrogens (tertiary/aromatic N) is 9. The molecule has 2 aliphatic carbocycles. The van der Waals surface area contributed by atoms with Gasteiger partial charge in [-0.05, 0) is 108 Å². The standard InChI is InChI=1S/C55H67Cl2N11O7S/c1-32-34(3)76-52-47(32)49(36-10-12-37(56)13-11-36)60-41(50-63-61-35(4)68(50)52)27-45(69)58-20-23-73-25-26-74-24-21-59-53(72)54(5)17-8-7-9-39(54)51(71)67-22-16-38-40(57)14-15-44(75-30-42-33(2)65(6)64-62-42)48(38)43(67)29-66-31-55(18-19-55)28-46(66)70/h10-15,39,41,43H,7-9,16-31H2,1-6H3,(H,58,69)(H,59,72)/t39-,41-,43+,54-/m0/s1. The zero-order valence-corrected chi connectivity index (χ0v) is 46.5. The SMILES string of the molecule is Cc1sc2c(c1C)C(c1ccc(Cl)cc1)=N[C@@H](CC(=O)NCCOCCOCCNC(=O)[C@@]1(C)CCCC[C@H]1C(=O)N1CCc3c(Cl)ccc(OCc4nnn(C)c4C)c3[C@H]1CN1CC3(CC3)CC1=O)c1nnc(C)n1-2. The molecule has 0 radical (unpaired) electrons. The third-order valence-electron chi connectivity index (χ3n) is 16.4. The zero-order chi connectivity index (χ0) is 53.5. The molecular weight excluding hydrogens is 1030 g/mol. The summed E-state index contributed by atoms with van der Waals surface area (Å²) in [6, 6.07) is 10.2. The molecule has 3 aliphatic heterocycles. The molecule has 10 rings (SSSR count). The van der Waals surface area contributed by atoms with E-state index in [1.807, 2.05) is 78.6 Å². The lowest BCUT2D eigenvalue weighted by Gasteiger charge is -2.46. The number of halogens is 2. The minimum absolute atomic E-state index is 0.0356. The first kappa shape index (κ1) is 53.7. The molecule has 18 nitrogen and oxygen atoms in total. The molecule has 1 saturated heterocycles. The van der Waals surface area contributed by atoms with Gasteiger partial charge < -0.3 is 34.6 Å². The van der Waals surface area contributed by atoms with Crippen molar-refractivity contribution in [2.24, 2.45) is 28.8 Å². The molecule has 3 fully saturated rings. The fraction of sp³-hybridized carbons (Fsp3) is 0.545. The van der Waals surface area contributed by atoms with Crippen molar-refractivity contribution in [3.8, 4) is 10.8 Å². The van der Waals surface area contributed by atoms with E-state index in [0.717, 1.165) is 75.7 Å². The second-order valence-electron chi connectivity index (χ2n) is 21.4. The van der Waals surface area contributed by atoms with Gasteiger partial charge >= 0.3 is 0 Å². The average molecular weight is 1100 g/mol. The number of ether oxygens (including phenoxy) is 3. The predicted molar refractivity (Wildman–Crippen MR) is 288 cm³/mol. The van der Waals surface area contributed by atoms with E-state index in [4.69, 9.17) is 42.4 Å². The highest BCUT2D eigenvalue weighted by atomic mass is 35.5. The molecule has 0 unspecified atom stereocenters. The van der Waals surface area contributed by atoms with E-state index in [0.29, 0.717) is 85.8 Å². The number of likely N-dealkylation sites (tertiary alicyclic amines) is 1. The van der Waals surface area contributed by atoms with E-state index in [1.54, 1.807) is 16.0 Å². The van der Waals surface area contributed by atoms with E-state index in [9.17, 15) is 14.4 Å². The van der Waals surface area contributed by atoms with Crippen LogP contribution in [0.25, 0.3) is 5.00 Å². The summed E-state index contributed by atoms with van der Waals surface area (Å²) in [4.78, 5) is 66.6. The number of fused-ring (bicyclic) bond motifs is 4. The fourth-order valence-corrected chi connectivity index (χ4v) is 13.2. The number of amides is 4. The van der Waals surface area contributed by atoms with Crippen molar-refractivity contribution in [2.75, 3.05) is 59.2 Å². The van der Waals surface area contributed by atoms with Gasteiger partial charge in [0.05, 0.1) is 61.6 Å². The molecule has 2 saturated carbocycles. The first-order chi connectivity index (χ1) is 36.6. The Morgan fingerprint density at radius 1 is 0.908 bits per heavy atom. The van der Waals surface area contributed by atoms with Crippen LogP contribution in [-0.4, -0.2) is 128 Å². The Morgan fingerprint density at radius 2 is 1.66 bits per heavy atom. The molecular formula is C55H67Cl2N11O7S. The lowest BCUT2D eigenvalue weighted by atomic mass is 9.66. The first-order valence-corrected chi connectivity index (χ1v) is 28.1. The van der Waals surface area contributed by atoms with Crippen LogP contribution in [0.2, 0.25) is 10.0 Å². The zero-order valence-electron chi connectivity index (χ0n) is 44.2. The summed E-state index contributed by atoms with van der Waals surface area (Å²) >= 11 is 14.9. The topological polar surface area (TPSA) is 200 Å². The summed E-state index contributed by atoms with van der Waals surface area (Å²) in [5, 5.41) is 25.6. The Hall–Kier alpha value is -5.73. The van der Waals surface area contributed by atoms with E-state index in [-0.39, 0.29) is 68.4 Å². The van der Waals surface area contributed by atoms with Gasteiger partial charge in [-0.1, -0.05) is 53.4 Å². The van der Waals surface area contributed by atoms with Crippen LogP contribution in [0.5, 0.6) is 5.75 Å². The largest absolute Gasteiger partial charge is 0.487 e. The summed E-state index contributed by atoms with van der Waals surface area (Å²) < 4.78 is 21.9. The highest BCUT2D eigenvalue weighted by Gasteiger charge is 2.54. The second-order valence-corrected chi connectivity index (χ2v) is 23.4. The van der Waals surface area contributed by atoms with Crippen LogP contribution < -0.4 is 15.4 Å². The Balaban J connectivity index is 0.715. The number of benzene rings is 2. The van der Waals surface area contributed by atoms with Gasteiger partial charge in [0.2, 0.25) is 23.6 Å². The minimum Gasteiger partial charge on any atom is -0.487 e. The van der Waals surface area contributed by atoms with Crippen LogP contribution in [0.3, 0.4) is 0 Å². The van der Waals surface area contributed by atoms with E-state index in [2.05, 4.69) is 45.0 Å².